The van der Waals surface area contributed by atoms with Gasteiger partial charge in [0, 0.05) is 11.6 Å². The summed E-state index contributed by atoms with van der Waals surface area (Å²) in [6.45, 7) is 2.95. The van der Waals surface area contributed by atoms with Gasteiger partial charge in [-0.3, -0.25) is 14.9 Å². The number of carbonyl (C=O) groups excluding carboxylic acids is 1. The average molecular weight is 209 g/mol. The molecule has 0 unspecified atom stereocenters. The molecule has 0 aliphatic heterocycles. The molecule has 15 heavy (non-hydrogen) atoms. The van der Waals surface area contributed by atoms with Crippen molar-refractivity contribution in [1.82, 2.24) is 0 Å². The summed E-state index contributed by atoms with van der Waals surface area (Å²) in [5, 5.41) is 10.6. The van der Waals surface area contributed by atoms with Gasteiger partial charge in [0.1, 0.15) is 5.75 Å². The molecule has 0 aliphatic rings. The maximum atomic E-state index is 11.2. The standard InChI is InChI=1S/C10H11NO4/c1-6-4-10(15-3)8(7(2)12)5-9(6)11(13)14/h4-5H,1-3H3. The van der Waals surface area contributed by atoms with E-state index in [4.69, 9.17) is 4.74 Å². The molecule has 0 saturated heterocycles. The highest BCUT2D eigenvalue weighted by molar-refractivity contribution is 5.97. The summed E-state index contributed by atoms with van der Waals surface area (Å²) in [7, 11) is 1.42. The number of rotatable bonds is 3. The number of carbonyl (C=O) groups is 1. The molecule has 0 saturated carbocycles. The van der Waals surface area contributed by atoms with Gasteiger partial charge in [-0.15, -0.1) is 0 Å². The fourth-order valence-electron chi connectivity index (χ4n) is 1.31. The first-order valence-electron chi connectivity index (χ1n) is 4.31. The number of Topliss-reactive ketones (excluding diaryl/α,β-unsaturated/α-hetero) is 1. The quantitative estimate of drug-likeness (QED) is 0.434. The fourth-order valence-corrected chi connectivity index (χ4v) is 1.31. The molecule has 0 radical (unpaired) electrons. The molecule has 1 aromatic carbocycles. The van der Waals surface area contributed by atoms with E-state index in [9.17, 15) is 14.9 Å². The molecule has 1 aromatic rings. The Hall–Kier alpha value is -1.91. The smallest absolute Gasteiger partial charge is 0.273 e. The van der Waals surface area contributed by atoms with Crippen molar-refractivity contribution < 1.29 is 14.5 Å². The molecule has 80 valence electrons. The first kappa shape index (κ1) is 11.2. The van der Waals surface area contributed by atoms with Gasteiger partial charge >= 0.3 is 0 Å². The number of nitro groups is 1. The van der Waals surface area contributed by atoms with Crippen LogP contribution >= 0.6 is 0 Å². The lowest BCUT2D eigenvalue weighted by atomic mass is 10.1. The highest BCUT2D eigenvalue weighted by Crippen LogP contribution is 2.28. The first-order chi connectivity index (χ1) is 6.97. The van der Waals surface area contributed by atoms with E-state index < -0.39 is 4.92 Å². The van der Waals surface area contributed by atoms with E-state index in [-0.39, 0.29) is 17.0 Å². The monoisotopic (exact) mass is 209 g/mol. The average Bonchev–Trinajstić information content (AvgIpc) is 2.16. The van der Waals surface area contributed by atoms with Crippen LogP contribution in [0.4, 0.5) is 5.69 Å². The van der Waals surface area contributed by atoms with Crippen molar-refractivity contribution in [3.05, 3.63) is 33.4 Å². The van der Waals surface area contributed by atoms with Crippen LogP contribution in [-0.2, 0) is 0 Å². The SMILES string of the molecule is COc1cc(C)c([N+](=O)[O-])cc1C(C)=O. The summed E-state index contributed by atoms with van der Waals surface area (Å²) in [6, 6.07) is 2.74. The van der Waals surface area contributed by atoms with Crippen molar-refractivity contribution >= 4 is 11.5 Å². The molecule has 0 N–H and O–H groups in total. The third kappa shape index (κ3) is 2.12. The van der Waals surface area contributed by atoms with Gasteiger partial charge in [-0.25, -0.2) is 0 Å². The zero-order valence-electron chi connectivity index (χ0n) is 8.73. The maximum absolute atomic E-state index is 11.2. The minimum absolute atomic E-state index is 0.0685. The van der Waals surface area contributed by atoms with Gasteiger partial charge in [0.25, 0.3) is 5.69 Å². The molecule has 0 fully saturated rings. The number of ketones is 1. The maximum Gasteiger partial charge on any atom is 0.273 e. The van der Waals surface area contributed by atoms with Gasteiger partial charge in [0.15, 0.2) is 5.78 Å². The van der Waals surface area contributed by atoms with Crippen LogP contribution in [0.25, 0.3) is 0 Å². The van der Waals surface area contributed by atoms with Gasteiger partial charge in [0.2, 0.25) is 0 Å². The van der Waals surface area contributed by atoms with Crippen LogP contribution in [0.15, 0.2) is 12.1 Å². The normalized spacial score (nSPS) is 9.80. The van der Waals surface area contributed by atoms with Gasteiger partial charge in [-0.2, -0.15) is 0 Å². The molecule has 0 amide bonds. The first-order valence-corrected chi connectivity index (χ1v) is 4.31. The van der Waals surface area contributed by atoms with Crippen LogP contribution in [0.2, 0.25) is 0 Å². The van der Waals surface area contributed by atoms with Crippen molar-refractivity contribution in [1.29, 1.82) is 0 Å². The molecule has 0 aromatic heterocycles. The number of ether oxygens (including phenoxy) is 1. The fraction of sp³-hybridized carbons (Fsp3) is 0.300. The van der Waals surface area contributed by atoms with Crippen molar-refractivity contribution in [3.63, 3.8) is 0 Å². The van der Waals surface area contributed by atoms with E-state index in [0.717, 1.165) is 0 Å². The Morgan fingerprint density at radius 1 is 1.47 bits per heavy atom. The second-order valence-electron chi connectivity index (χ2n) is 3.15. The molecule has 5 nitrogen and oxygen atoms in total. The number of methoxy groups -OCH3 is 1. The molecular weight excluding hydrogens is 198 g/mol. The van der Waals surface area contributed by atoms with E-state index in [1.54, 1.807) is 6.92 Å². The summed E-state index contributed by atoms with van der Waals surface area (Å²) in [5.74, 6) is 0.112. The zero-order valence-corrected chi connectivity index (χ0v) is 8.73. The number of hydrogen-bond donors (Lipinski definition) is 0. The Kier molecular flexibility index (Phi) is 3.04. The van der Waals surface area contributed by atoms with Crippen LogP contribution in [-0.4, -0.2) is 17.8 Å². The van der Waals surface area contributed by atoms with Crippen LogP contribution < -0.4 is 4.74 Å². The van der Waals surface area contributed by atoms with Crippen LogP contribution in [0, 0.1) is 17.0 Å². The summed E-state index contributed by atoms with van der Waals surface area (Å²) >= 11 is 0. The number of nitro benzene ring substituents is 1. The molecule has 1 rings (SSSR count). The summed E-state index contributed by atoms with van der Waals surface area (Å²) in [5.41, 5.74) is 0.637. The van der Waals surface area contributed by atoms with Gasteiger partial charge in [-0.1, -0.05) is 0 Å². The summed E-state index contributed by atoms with van der Waals surface area (Å²) < 4.78 is 4.98. The topological polar surface area (TPSA) is 69.4 Å². The predicted octanol–water partition coefficient (Wildman–Crippen LogP) is 2.11. The molecule has 0 bridgehead atoms. The third-order valence-electron chi connectivity index (χ3n) is 2.09. The lowest BCUT2D eigenvalue weighted by molar-refractivity contribution is -0.385. The van der Waals surface area contributed by atoms with Crippen molar-refractivity contribution in [2.24, 2.45) is 0 Å². The highest BCUT2D eigenvalue weighted by atomic mass is 16.6. The number of nitrogens with zero attached hydrogens (tertiary/aromatic N) is 1. The molecule has 0 atom stereocenters. The third-order valence-corrected chi connectivity index (χ3v) is 2.09. The molecular formula is C10H11NO4. The lowest BCUT2D eigenvalue weighted by Crippen LogP contribution is -2.01. The Bertz CT molecular complexity index is 426. The minimum Gasteiger partial charge on any atom is -0.496 e. The predicted molar refractivity (Wildman–Crippen MR) is 54.4 cm³/mol. The summed E-state index contributed by atoms with van der Waals surface area (Å²) in [4.78, 5) is 21.3. The number of benzene rings is 1. The van der Waals surface area contributed by atoms with Crippen molar-refractivity contribution in [2.75, 3.05) is 7.11 Å². The van der Waals surface area contributed by atoms with Gasteiger partial charge in [0.05, 0.1) is 17.6 Å². The van der Waals surface area contributed by atoms with Crippen LogP contribution in [0.5, 0.6) is 5.75 Å². The number of hydrogen-bond acceptors (Lipinski definition) is 4. The van der Waals surface area contributed by atoms with E-state index in [0.29, 0.717) is 11.3 Å². The summed E-state index contributed by atoms with van der Waals surface area (Å²) in [6.07, 6.45) is 0. The van der Waals surface area contributed by atoms with E-state index in [1.807, 2.05) is 0 Å². The van der Waals surface area contributed by atoms with Crippen LogP contribution in [0.1, 0.15) is 22.8 Å². The van der Waals surface area contributed by atoms with E-state index >= 15 is 0 Å². The van der Waals surface area contributed by atoms with E-state index in [2.05, 4.69) is 0 Å². The largest absolute Gasteiger partial charge is 0.496 e. The number of aryl methyl sites for hydroxylation is 1. The molecule has 0 heterocycles. The van der Waals surface area contributed by atoms with Crippen LogP contribution in [0.3, 0.4) is 0 Å². The second-order valence-corrected chi connectivity index (χ2v) is 3.15. The lowest BCUT2D eigenvalue weighted by Gasteiger charge is -2.07. The highest BCUT2D eigenvalue weighted by Gasteiger charge is 2.17. The zero-order chi connectivity index (χ0) is 11.6. The minimum atomic E-state index is -0.513. The molecule has 0 spiro atoms. The Morgan fingerprint density at radius 3 is 2.47 bits per heavy atom. The van der Waals surface area contributed by atoms with Crippen molar-refractivity contribution in [3.8, 4) is 5.75 Å². The Morgan fingerprint density at radius 2 is 2.07 bits per heavy atom. The van der Waals surface area contributed by atoms with E-state index in [1.165, 1.54) is 26.2 Å². The second kappa shape index (κ2) is 4.08. The molecule has 5 heteroatoms. The Labute approximate surface area is 86.8 Å². The van der Waals surface area contributed by atoms with Crippen molar-refractivity contribution in [2.45, 2.75) is 13.8 Å². The molecule has 0 aliphatic carbocycles. The van der Waals surface area contributed by atoms with Gasteiger partial charge in [-0.05, 0) is 19.9 Å². The van der Waals surface area contributed by atoms with Gasteiger partial charge < -0.3 is 4.74 Å². The Balaban J connectivity index is 3.43.